The summed E-state index contributed by atoms with van der Waals surface area (Å²) in [7, 11) is -3.64. The predicted molar refractivity (Wildman–Crippen MR) is 132 cm³/mol. The Morgan fingerprint density at radius 1 is 1.11 bits per heavy atom. The number of nitrogens with zero attached hydrogens (tertiary/aromatic N) is 1. The Balaban J connectivity index is 1.33. The molecule has 11 heteroatoms. The van der Waals surface area contributed by atoms with Crippen LogP contribution in [0.2, 0.25) is 5.02 Å². The number of sulfonamides is 1. The average molecular weight is 539 g/mol. The number of nitrogens with one attached hydrogen (secondary N) is 1. The Bertz CT molecular complexity index is 1210. The lowest BCUT2D eigenvalue weighted by Gasteiger charge is -2.38. The molecule has 2 bridgehead atoms. The van der Waals surface area contributed by atoms with Crippen LogP contribution in [-0.4, -0.2) is 56.2 Å². The Labute approximate surface area is 214 Å². The van der Waals surface area contributed by atoms with E-state index in [-0.39, 0.29) is 49.4 Å². The van der Waals surface area contributed by atoms with Gasteiger partial charge >= 0.3 is 0 Å². The molecule has 2 aliphatic heterocycles. The third-order valence-electron chi connectivity index (χ3n) is 6.39. The lowest BCUT2D eigenvalue weighted by Crippen LogP contribution is -2.50. The number of halogens is 2. The van der Waals surface area contributed by atoms with Gasteiger partial charge in [-0.15, -0.1) is 0 Å². The first-order valence-corrected chi connectivity index (χ1v) is 14.0. The third kappa shape index (κ3) is 6.88. The molecule has 0 aliphatic carbocycles. The van der Waals surface area contributed by atoms with E-state index >= 15 is 0 Å². The Morgan fingerprint density at radius 2 is 1.78 bits per heavy atom. The van der Waals surface area contributed by atoms with Crippen molar-refractivity contribution in [3.63, 3.8) is 0 Å². The van der Waals surface area contributed by atoms with Crippen molar-refractivity contribution in [2.45, 2.75) is 56.7 Å². The standard InChI is InChI=1S/C25H28ClFN2O6S/c1-36(32,33)28-24(30)11-2-16-12-17(26)3-10-23(16)34-15-25(31)29-19-6-7-20(29)14-22(13-19)35-21-8-4-18(27)5-9-21/h3-5,8-10,12,19-20,22H,2,6-7,11,13-15H2,1H3,(H,28,30). The van der Waals surface area contributed by atoms with E-state index in [2.05, 4.69) is 0 Å². The monoisotopic (exact) mass is 538 g/mol. The summed E-state index contributed by atoms with van der Waals surface area (Å²) in [6.07, 6.45) is 4.16. The van der Waals surface area contributed by atoms with Gasteiger partial charge in [0.05, 0.1) is 6.26 Å². The van der Waals surface area contributed by atoms with Crippen molar-refractivity contribution in [1.29, 1.82) is 0 Å². The molecule has 194 valence electrons. The number of carbonyl (C=O) groups excluding carboxylic acids is 2. The van der Waals surface area contributed by atoms with Crippen molar-refractivity contribution in [3.05, 3.63) is 58.9 Å². The van der Waals surface area contributed by atoms with Gasteiger partial charge in [-0.2, -0.15) is 0 Å². The minimum atomic E-state index is -3.64. The highest BCUT2D eigenvalue weighted by atomic mass is 35.5. The third-order valence-corrected chi connectivity index (χ3v) is 7.22. The van der Waals surface area contributed by atoms with Gasteiger partial charge in [0.1, 0.15) is 23.4 Å². The molecule has 2 unspecified atom stereocenters. The van der Waals surface area contributed by atoms with E-state index in [1.165, 1.54) is 12.1 Å². The summed E-state index contributed by atoms with van der Waals surface area (Å²) in [6, 6.07) is 10.9. The zero-order valence-corrected chi connectivity index (χ0v) is 21.4. The summed E-state index contributed by atoms with van der Waals surface area (Å²) in [6.45, 7) is -0.166. The summed E-state index contributed by atoms with van der Waals surface area (Å²) < 4.78 is 49.4. The van der Waals surface area contributed by atoms with Gasteiger partial charge in [-0.05, 0) is 67.3 Å². The molecule has 0 radical (unpaired) electrons. The first-order chi connectivity index (χ1) is 17.1. The van der Waals surface area contributed by atoms with E-state index in [1.54, 1.807) is 30.3 Å². The van der Waals surface area contributed by atoms with Crippen molar-refractivity contribution >= 4 is 33.4 Å². The normalized spacial score (nSPS) is 21.2. The number of aryl methyl sites for hydroxylation is 1. The molecule has 8 nitrogen and oxygen atoms in total. The largest absolute Gasteiger partial charge is 0.490 e. The van der Waals surface area contributed by atoms with Crippen molar-refractivity contribution in [3.8, 4) is 11.5 Å². The molecular formula is C25H28ClFN2O6S. The minimum Gasteiger partial charge on any atom is -0.490 e. The number of hydrogen-bond donors (Lipinski definition) is 1. The van der Waals surface area contributed by atoms with Crippen LogP contribution < -0.4 is 14.2 Å². The van der Waals surface area contributed by atoms with Gasteiger partial charge in [-0.25, -0.2) is 12.8 Å². The number of benzene rings is 2. The SMILES string of the molecule is CS(=O)(=O)NC(=O)CCc1cc(Cl)ccc1OCC(=O)N1C2CCC1CC(Oc1ccc(F)cc1)C2. The van der Waals surface area contributed by atoms with Crippen LogP contribution in [0, 0.1) is 5.82 Å². The van der Waals surface area contributed by atoms with Crippen LogP contribution in [0.3, 0.4) is 0 Å². The van der Waals surface area contributed by atoms with Crippen molar-refractivity contribution in [2.75, 3.05) is 12.9 Å². The second-order valence-electron chi connectivity index (χ2n) is 9.19. The molecule has 2 amide bonds. The lowest BCUT2D eigenvalue weighted by atomic mass is 9.99. The molecule has 1 N–H and O–H groups in total. The molecule has 4 rings (SSSR count). The highest BCUT2D eigenvalue weighted by Crippen LogP contribution is 2.37. The van der Waals surface area contributed by atoms with E-state index in [9.17, 15) is 22.4 Å². The zero-order valence-electron chi connectivity index (χ0n) is 19.8. The predicted octanol–water partition coefficient (Wildman–Crippen LogP) is 3.47. The maximum Gasteiger partial charge on any atom is 0.261 e. The van der Waals surface area contributed by atoms with E-state index in [0.717, 1.165) is 19.1 Å². The van der Waals surface area contributed by atoms with Crippen molar-refractivity contribution < 1.29 is 31.9 Å². The molecule has 2 saturated heterocycles. The molecule has 0 spiro atoms. The van der Waals surface area contributed by atoms with Gasteiger partial charge in [0.25, 0.3) is 5.91 Å². The van der Waals surface area contributed by atoms with Gasteiger partial charge < -0.3 is 14.4 Å². The van der Waals surface area contributed by atoms with E-state index < -0.39 is 15.9 Å². The van der Waals surface area contributed by atoms with Crippen LogP contribution in [0.25, 0.3) is 0 Å². The van der Waals surface area contributed by atoms with Crippen LogP contribution in [0.1, 0.15) is 37.7 Å². The molecule has 2 heterocycles. The first kappa shape index (κ1) is 26.2. The summed E-state index contributed by atoms with van der Waals surface area (Å²) in [5.41, 5.74) is 0.605. The number of fused-ring (bicyclic) bond motifs is 2. The van der Waals surface area contributed by atoms with Crippen LogP contribution in [0.15, 0.2) is 42.5 Å². The Morgan fingerprint density at radius 3 is 2.42 bits per heavy atom. The van der Waals surface area contributed by atoms with Crippen LogP contribution in [0.4, 0.5) is 4.39 Å². The first-order valence-electron chi connectivity index (χ1n) is 11.7. The zero-order chi connectivity index (χ0) is 25.9. The molecule has 2 fully saturated rings. The Hall–Kier alpha value is -2.85. The minimum absolute atomic E-state index is 0.0427. The highest BCUT2D eigenvalue weighted by Gasteiger charge is 2.44. The number of ether oxygens (including phenoxy) is 2. The second kappa shape index (κ2) is 11.0. The van der Waals surface area contributed by atoms with E-state index in [4.69, 9.17) is 21.1 Å². The van der Waals surface area contributed by atoms with Gasteiger partial charge in [0, 0.05) is 36.4 Å². The van der Waals surface area contributed by atoms with Crippen LogP contribution in [0.5, 0.6) is 11.5 Å². The molecule has 0 aromatic heterocycles. The fourth-order valence-electron chi connectivity index (χ4n) is 4.94. The smallest absolute Gasteiger partial charge is 0.261 e. The Kier molecular flexibility index (Phi) is 8.04. The molecule has 2 aliphatic rings. The molecule has 36 heavy (non-hydrogen) atoms. The van der Waals surface area contributed by atoms with E-state index in [1.807, 2.05) is 9.62 Å². The van der Waals surface area contributed by atoms with Crippen LogP contribution >= 0.6 is 11.6 Å². The van der Waals surface area contributed by atoms with Crippen LogP contribution in [-0.2, 0) is 26.0 Å². The average Bonchev–Trinajstić information content (AvgIpc) is 3.07. The maximum absolute atomic E-state index is 13.2. The molecule has 2 aromatic carbocycles. The van der Waals surface area contributed by atoms with Gasteiger partial charge in [-0.1, -0.05) is 11.6 Å². The molecule has 0 saturated carbocycles. The number of rotatable bonds is 9. The molecular weight excluding hydrogens is 511 g/mol. The molecule has 2 aromatic rings. The highest BCUT2D eigenvalue weighted by molar-refractivity contribution is 7.89. The molecule has 2 atom stereocenters. The number of amides is 2. The summed E-state index contributed by atoms with van der Waals surface area (Å²) in [5.74, 6) is -0.0460. The van der Waals surface area contributed by atoms with Crippen molar-refractivity contribution in [2.24, 2.45) is 0 Å². The fourth-order valence-corrected chi connectivity index (χ4v) is 5.65. The van der Waals surface area contributed by atoms with Crippen molar-refractivity contribution in [1.82, 2.24) is 9.62 Å². The van der Waals surface area contributed by atoms with E-state index in [0.29, 0.717) is 34.9 Å². The number of carbonyl (C=O) groups is 2. The fraction of sp³-hybridized carbons (Fsp3) is 0.440. The van der Waals surface area contributed by atoms with Gasteiger partial charge in [0.2, 0.25) is 15.9 Å². The topological polar surface area (TPSA) is 102 Å². The summed E-state index contributed by atoms with van der Waals surface area (Å²) in [5, 5.41) is 0.438. The maximum atomic E-state index is 13.2. The lowest BCUT2D eigenvalue weighted by molar-refractivity contribution is -0.139. The van der Waals surface area contributed by atoms with Gasteiger partial charge in [-0.3, -0.25) is 14.3 Å². The second-order valence-corrected chi connectivity index (χ2v) is 11.4. The summed E-state index contributed by atoms with van der Waals surface area (Å²) in [4.78, 5) is 26.9. The number of hydrogen-bond acceptors (Lipinski definition) is 6. The summed E-state index contributed by atoms with van der Waals surface area (Å²) >= 11 is 6.09. The quantitative estimate of drug-likeness (QED) is 0.524. The number of piperidine rings is 1. The van der Waals surface area contributed by atoms with Gasteiger partial charge in [0.15, 0.2) is 6.61 Å².